The first-order chi connectivity index (χ1) is 13.0. The maximum absolute atomic E-state index is 13.0. The molecule has 150 valence electrons. The number of ketones is 1. The van der Waals surface area contributed by atoms with Crippen LogP contribution in [0.4, 0.5) is 0 Å². The van der Waals surface area contributed by atoms with Crippen LogP contribution in [0.25, 0.3) is 12.2 Å². The number of aromatic nitrogens is 1. The molecule has 2 aromatic rings. The van der Waals surface area contributed by atoms with Crippen molar-refractivity contribution in [2.75, 3.05) is 0 Å². The number of carbonyl (C=O) groups excluding carboxylic acids is 2. The number of aryl methyl sites for hydroxylation is 1. The summed E-state index contributed by atoms with van der Waals surface area (Å²) >= 11 is 1.23. The lowest BCUT2D eigenvalue weighted by Gasteiger charge is -2.13. The standard InChI is InChI=1S/C22H28N2O3S/c1-14(2)23-19(26)13-24-20(12-18(25)22(4,5)6)28-17(21(24)27)11-16-9-7-8-15(3)10-16/h7-12,14H,13H2,1-6H3,(H,23,26)/b17-11+,20-12-. The third kappa shape index (κ3) is 5.76. The van der Waals surface area contributed by atoms with Crippen LogP contribution in [0.2, 0.25) is 0 Å². The van der Waals surface area contributed by atoms with Crippen LogP contribution in [0.1, 0.15) is 45.7 Å². The van der Waals surface area contributed by atoms with Gasteiger partial charge in [-0.2, -0.15) is 0 Å². The minimum Gasteiger partial charge on any atom is -0.352 e. The van der Waals surface area contributed by atoms with Crippen molar-refractivity contribution in [1.82, 2.24) is 9.88 Å². The van der Waals surface area contributed by atoms with E-state index in [9.17, 15) is 14.4 Å². The number of benzene rings is 1. The molecule has 0 radical (unpaired) electrons. The molecule has 1 aromatic heterocycles. The lowest BCUT2D eigenvalue weighted by Crippen LogP contribution is -2.40. The second-order valence-corrected chi connectivity index (χ2v) is 9.30. The predicted octanol–water partition coefficient (Wildman–Crippen LogP) is 1.97. The fourth-order valence-electron chi connectivity index (χ4n) is 2.54. The van der Waals surface area contributed by atoms with E-state index in [1.807, 2.05) is 65.8 Å². The van der Waals surface area contributed by atoms with Crippen molar-refractivity contribution < 1.29 is 9.59 Å². The van der Waals surface area contributed by atoms with E-state index in [0.717, 1.165) is 11.1 Å². The molecule has 1 N–H and O–H groups in total. The Bertz CT molecular complexity index is 1050. The fourth-order valence-corrected chi connectivity index (χ4v) is 3.59. The quantitative estimate of drug-likeness (QED) is 0.834. The van der Waals surface area contributed by atoms with E-state index in [1.54, 1.807) is 6.08 Å². The molecule has 0 fully saturated rings. The highest BCUT2D eigenvalue weighted by molar-refractivity contribution is 7.07. The number of thiazole rings is 1. The molecule has 0 spiro atoms. The van der Waals surface area contributed by atoms with E-state index in [2.05, 4.69) is 5.32 Å². The predicted molar refractivity (Wildman–Crippen MR) is 115 cm³/mol. The van der Waals surface area contributed by atoms with E-state index in [1.165, 1.54) is 22.0 Å². The topological polar surface area (TPSA) is 68.2 Å². The van der Waals surface area contributed by atoms with Crippen LogP contribution in [-0.4, -0.2) is 22.3 Å². The summed E-state index contributed by atoms with van der Waals surface area (Å²) in [7, 11) is 0. The van der Waals surface area contributed by atoms with Crippen LogP contribution in [0, 0.1) is 12.3 Å². The van der Waals surface area contributed by atoms with E-state index in [0.29, 0.717) is 9.20 Å². The Labute approximate surface area is 169 Å². The van der Waals surface area contributed by atoms with Crippen molar-refractivity contribution in [3.05, 3.63) is 54.9 Å². The Morgan fingerprint density at radius 3 is 2.50 bits per heavy atom. The monoisotopic (exact) mass is 400 g/mol. The molecule has 5 nitrogen and oxygen atoms in total. The lowest BCUT2D eigenvalue weighted by molar-refractivity contribution is -0.122. The van der Waals surface area contributed by atoms with Gasteiger partial charge in [0.2, 0.25) is 5.91 Å². The van der Waals surface area contributed by atoms with Gasteiger partial charge in [0.05, 0.1) is 4.53 Å². The first-order valence-electron chi connectivity index (χ1n) is 9.31. The van der Waals surface area contributed by atoms with Crippen molar-refractivity contribution in [2.24, 2.45) is 5.41 Å². The molecule has 0 aliphatic carbocycles. The van der Waals surface area contributed by atoms with Gasteiger partial charge in [0.25, 0.3) is 5.56 Å². The van der Waals surface area contributed by atoms with Gasteiger partial charge in [-0.25, -0.2) is 0 Å². The van der Waals surface area contributed by atoms with Crippen molar-refractivity contribution in [3.63, 3.8) is 0 Å². The van der Waals surface area contributed by atoms with Crippen molar-refractivity contribution in [2.45, 2.75) is 54.1 Å². The average Bonchev–Trinajstić information content (AvgIpc) is 2.82. The van der Waals surface area contributed by atoms with Gasteiger partial charge in [-0.15, -0.1) is 11.3 Å². The van der Waals surface area contributed by atoms with Crippen LogP contribution < -0.4 is 20.1 Å². The Kier molecular flexibility index (Phi) is 6.77. The van der Waals surface area contributed by atoms with E-state index in [4.69, 9.17) is 0 Å². The number of hydrogen-bond acceptors (Lipinski definition) is 4. The second-order valence-electron chi connectivity index (χ2n) is 8.24. The number of hydrogen-bond donors (Lipinski definition) is 1. The Morgan fingerprint density at radius 1 is 1.25 bits per heavy atom. The van der Waals surface area contributed by atoms with Gasteiger partial charge in [0, 0.05) is 17.5 Å². The molecule has 0 atom stereocenters. The molecule has 0 saturated carbocycles. The van der Waals surface area contributed by atoms with Crippen LogP contribution >= 0.6 is 11.3 Å². The summed E-state index contributed by atoms with van der Waals surface area (Å²) in [6, 6.07) is 7.80. The number of nitrogens with zero attached hydrogens (tertiary/aromatic N) is 1. The number of Topliss-reactive ketones (excluding diaryl/α,β-unsaturated/α-hetero) is 1. The largest absolute Gasteiger partial charge is 0.352 e. The fraction of sp³-hybridized carbons (Fsp3) is 0.409. The zero-order valence-corrected chi connectivity index (χ0v) is 18.1. The Morgan fingerprint density at radius 2 is 1.93 bits per heavy atom. The van der Waals surface area contributed by atoms with Crippen LogP contribution in [0.5, 0.6) is 0 Å². The highest BCUT2D eigenvalue weighted by Crippen LogP contribution is 2.14. The van der Waals surface area contributed by atoms with E-state index >= 15 is 0 Å². The molecule has 0 aliphatic rings. The SMILES string of the molecule is Cc1cccc(/C=c2/s/c(=C\C(=O)C(C)(C)C)n(CC(=O)NC(C)C)c2=O)c1. The maximum Gasteiger partial charge on any atom is 0.269 e. The van der Waals surface area contributed by atoms with Crippen molar-refractivity contribution >= 4 is 35.2 Å². The lowest BCUT2D eigenvalue weighted by atomic mass is 9.91. The summed E-state index contributed by atoms with van der Waals surface area (Å²) in [5, 5.41) is 2.79. The molecule has 2 rings (SSSR count). The summed E-state index contributed by atoms with van der Waals surface area (Å²) < 4.78 is 2.37. The molecule has 6 heteroatoms. The molecule has 1 heterocycles. The normalized spacial score (nSPS) is 13.2. The van der Waals surface area contributed by atoms with Crippen molar-refractivity contribution in [1.29, 1.82) is 0 Å². The molecule has 28 heavy (non-hydrogen) atoms. The minimum atomic E-state index is -0.564. The molecule has 1 amide bonds. The number of carbonyl (C=O) groups is 2. The summed E-state index contributed by atoms with van der Waals surface area (Å²) in [5.74, 6) is -0.344. The van der Waals surface area contributed by atoms with Crippen LogP contribution in [0.15, 0.2) is 29.1 Å². The molecular formula is C22H28N2O3S. The summed E-state index contributed by atoms with van der Waals surface area (Å²) in [6.45, 7) is 11.1. The van der Waals surface area contributed by atoms with Gasteiger partial charge < -0.3 is 5.32 Å². The van der Waals surface area contributed by atoms with Gasteiger partial charge in [-0.3, -0.25) is 19.0 Å². The van der Waals surface area contributed by atoms with Gasteiger partial charge in [-0.1, -0.05) is 50.6 Å². The summed E-state index contributed by atoms with van der Waals surface area (Å²) in [5.41, 5.74) is 1.17. The average molecular weight is 401 g/mol. The molecule has 1 aromatic carbocycles. The zero-order chi connectivity index (χ0) is 21.1. The van der Waals surface area contributed by atoms with Crippen molar-refractivity contribution in [3.8, 4) is 0 Å². The van der Waals surface area contributed by atoms with E-state index in [-0.39, 0.29) is 29.8 Å². The molecule has 0 saturated heterocycles. The number of nitrogens with one attached hydrogen (secondary N) is 1. The van der Waals surface area contributed by atoms with Crippen LogP contribution in [0.3, 0.4) is 0 Å². The van der Waals surface area contributed by atoms with Gasteiger partial charge in [0.15, 0.2) is 5.78 Å². The molecule has 0 bridgehead atoms. The number of amides is 1. The maximum atomic E-state index is 13.0. The third-order valence-corrected chi connectivity index (χ3v) is 5.08. The molecule has 0 unspecified atom stereocenters. The number of rotatable bonds is 5. The van der Waals surface area contributed by atoms with E-state index < -0.39 is 5.41 Å². The van der Waals surface area contributed by atoms with Gasteiger partial charge >= 0.3 is 0 Å². The molecule has 0 aliphatic heterocycles. The highest BCUT2D eigenvalue weighted by Gasteiger charge is 2.20. The van der Waals surface area contributed by atoms with Gasteiger partial charge in [-0.05, 0) is 32.4 Å². The van der Waals surface area contributed by atoms with Crippen LogP contribution in [-0.2, 0) is 16.1 Å². The highest BCUT2D eigenvalue weighted by atomic mass is 32.1. The Hall–Kier alpha value is -2.47. The zero-order valence-electron chi connectivity index (χ0n) is 17.3. The summed E-state index contributed by atoms with van der Waals surface area (Å²) in [6.07, 6.45) is 3.28. The van der Waals surface area contributed by atoms with Gasteiger partial charge in [0.1, 0.15) is 11.2 Å². The smallest absolute Gasteiger partial charge is 0.269 e. The first kappa shape index (κ1) is 21.8. The minimum absolute atomic E-state index is 0.0243. The Balaban J connectivity index is 2.62. The first-order valence-corrected chi connectivity index (χ1v) is 10.1. The third-order valence-electron chi connectivity index (χ3n) is 4.02. The summed E-state index contributed by atoms with van der Waals surface area (Å²) in [4.78, 5) is 37.7. The second kappa shape index (κ2) is 8.69. The molecular weight excluding hydrogens is 372 g/mol.